The van der Waals surface area contributed by atoms with E-state index in [-0.39, 0.29) is 0 Å². The van der Waals surface area contributed by atoms with Crippen LogP contribution in [0.5, 0.6) is 0 Å². The fourth-order valence-electron chi connectivity index (χ4n) is 0.335. The minimum absolute atomic E-state index is 0.648. The van der Waals surface area contributed by atoms with Gasteiger partial charge in [-0.2, -0.15) is 0 Å². The van der Waals surface area contributed by atoms with Crippen molar-refractivity contribution < 1.29 is 0 Å². The summed E-state index contributed by atoms with van der Waals surface area (Å²) in [5.74, 6) is 0.648. The summed E-state index contributed by atoms with van der Waals surface area (Å²) in [6.45, 7) is 10.7. The zero-order valence-corrected chi connectivity index (χ0v) is 6.25. The smallest absolute Gasteiger partial charge is 0.124 e. The van der Waals surface area contributed by atoms with Crippen LogP contribution in [0.2, 0.25) is 0 Å². The fourth-order valence-corrected chi connectivity index (χ4v) is 0.335. The summed E-state index contributed by atoms with van der Waals surface area (Å²) in [7, 11) is 1.83. The highest BCUT2D eigenvalue weighted by Crippen LogP contribution is 1.97. The molecule has 10 heavy (non-hydrogen) atoms. The average molecular weight is 136 g/mol. The number of hydrogen-bond acceptors (Lipinski definition) is 2. The number of aliphatic imine (C=N–C) groups is 1. The van der Waals surface area contributed by atoms with Gasteiger partial charge in [-0.3, -0.25) is 0 Å². The summed E-state index contributed by atoms with van der Waals surface area (Å²) >= 11 is 0. The Kier molecular flexibility index (Phi) is 3.96. The number of hydrogen-bond donors (Lipinski definition) is 0. The van der Waals surface area contributed by atoms with Gasteiger partial charge in [-0.1, -0.05) is 25.8 Å². The largest absolute Gasteiger partial charge is 0.337 e. The SMILES string of the molecule is C=C/C=N\C(=C)N(C)C=C. The second kappa shape index (κ2) is 4.56. The molecular weight excluding hydrogens is 124 g/mol. The number of nitrogens with zero attached hydrogens (tertiary/aromatic N) is 2. The third kappa shape index (κ3) is 2.87. The van der Waals surface area contributed by atoms with Gasteiger partial charge in [0.25, 0.3) is 0 Å². The zero-order chi connectivity index (χ0) is 7.98. The zero-order valence-electron chi connectivity index (χ0n) is 6.25. The second-order valence-corrected chi connectivity index (χ2v) is 1.72. The Labute approximate surface area is 61.9 Å². The molecule has 0 aliphatic carbocycles. The van der Waals surface area contributed by atoms with Crippen LogP contribution in [0.15, 0.2) is 42.8 Å². The molecule has 0 radical (unpaired) electrons. The monoisotopic (exact) mass is 136 g/mol. The second-order valence-electron chi connectivity index (χ2n) is 1.72. The van der Waals surface area contributed by atoms with E-state index < -0.39 is 0 Å². The molecule has 0 saturated heterocycles. The van der Waals surface area contributed by atoms with Gasteiger partial charge in [-0.15, -0.1) is 0 Å². The lowest BCUT2D eigenvalue weighted by Gasteiger charge is -2.10. The highest BCUT2D eigenvalue weighted by molar-refractivity contribution is 5.71. The molecule has 0 N–H and O–H groups in total. The first kappa shape index (κ1) is 8.69. The van der Waals surface area contributed by atoms with E-state index in [9.17, 15) is 0 Å². The van der Waals surface area contributed by atoms with Gasteiger partial charge in [0, 0.05) is 13.3 Å². The Bertz CT molecular complexity index is 168. The van der Waals surface area contributed by atoms with Gasteiger partial charge in [0.05, 0.1) is 0 Å². The molecule has 0 heterocycles. The van der Waals surface area contributed by atoms with Gasteiger partial charge in [-0.25, -0.2) is 4.99 Å². The Balaban J connectivity index is 3.95. The fraction of sp³-hybridized carbons (Fsp3) is 0.125. The molecule has 0 unspecified atom stereocenters. The molecule has 0 rings (SSSR count). The molecule has 0 aromatic rings. The van der Waals surface area contributed by atoms with Crippen molar-refractivity contribution in [2.45, 2.75) is 0 Å². The van der Waals surface area contributed by atoms with E-state index in [0.717, 1.165) is 0 Å². The van der Waals surface area contributed by atoms with Gasteiger partial charge < -0.3 is 4.90 Å². The number of rotatable bonds is 4. The molecule has 0 aliphatic rings. The first-order valence-electron chi connectivity index (χ1n) is 2.91. The van der Waals surface area contributed by atoms with Crippen LogP contribution in [0, 0.1) is 0 Å². The van der Waals surface area contributed by atoms with Crippen molar-refractivity contribution in [3.8, 4) is 0 Å². The van der Waals surface area contributed by atoms with Gasteiger partial charge in [0.1, 0.15) is 5.82 Å². The molecule has 0 aliphatic heterocycles. The highest BCUT2D eigenvalue weighted by atomic mass is 15.2. The minimum atomic E-state index is 0.648. The summed E-state index contributed by atoms with van der Waals surface area (Å²) in [6, 6.07) is 0. The van der Waals surface area contributed by atoms with E-state index in [2.05, 4.69) is 24.7 Å². The maximum atomic E-state index is 3.93. The average Bonchev–Trinajstić information content (AvgIpc) is 1.98. The molecule has 0 aromatic carbocycles. The van der Waals surface area contributed by atoms with Gasteiger partial charge >= 0.3 is 0 Å². The molecule has 0 aromatic heterocycles. The van der Waals surface area contributed by atoms with E-state index in [1.807, 2.05) is 7.05 Å². The molecule has 0 amide bonds. The van der Waals surface area contributed by atoms with E-state index in [0.29, 0.717) is 5.82 Å². The Morgan fingerprint density at radius 1 is 1.50 bits per heavy atom. The van der Waals surface area contributed by atoms with Gasteiger partial charge in [0.2, 0.25) is 0 Å². The maximum absolute atomic E-state index is 3.93. The lowest BCUT2D eigenvalue weighted by Crippen LogP contribution is -2.05. The van der Waals surface area contributed by atoms with Crippen LogP contribution in [0.1, 0.15) is 0 Å². The number of allylic oxidation sites excluding steroid dienone is 1. The van der Waals surface area contributed by atoms with Crippen molar-refractivity contribution in [3.05, 3.63) is 37.8 Å². The summed E-state index contributed by atoms with van der Waals surface area (Å²) < 4.78 is 0. The van der Waals surface area contributed by atoms with Crippen molar-refractivity contribution >= 4 is 6.21 Å². The standard InChI is InChI=1S/C8H12N2/c1-5-7-9-8(3)10(4)6-2/h5-7H,1-3H2,4H3/b9-7-. The van der Waals surface area contributed by atoms with Gasteiger partial charge in [-0.05, 0) is 6.20 Å². The molecule has 0 atom stereocenters. The molecule has 0 bridgehead atoms. The highest BCUT2D eigenvalue weighted by Gasteiger charge is 1.89. The van der Waals surface area contributed by atoms with Crippen LogP contribution in [-0.4, -0.2) is 18.2 Å². The Morgan fingerprint density at radius 2 is 2.10 bits per heavy atom. The molecular formula is C8H12N2. The van der Waals surface area contributed by atoms with E-state index >= 15 is 0 Å². The quantitative estimate of drug-likeness (QED) is 0.538. The summed E-state index contributed by atoms with van der Waals surface area (Å²) in [5, 5.41) is 0. The van der Waals surface area contributed by atoms with Gasteiger partial charge in [0.15, 0.2) is 0 Å². The lowest BCUT2D eigenvalue weighted by molar-refractivity contribution is 0.568. The lowest BCUT2D eigenvalue weighted by atomic mass is 10.6. The molecule has 54 valence electrons. The summed E-state index contributed by atoms with van der Waals surface area (Å²) in [4.78, 5) is 5.65. The van der Waals surface area contributed by atoms with Crippen molar-refractivity contribution in [2.24, 2.45) is 4.99 Å². The van der Waals surface area contributed by atoms with Crippen LogP contribution >= 0.6 is 0 Å². The van der Waals surface area contributed by atoms with E-state index in [1.165, 1.54) is 0 Å². The van der Waals surface area contributed by atoms with E-state index in [4.69, 9.17) is 0 Å². The third-order valence-electron chi connectivity index (χ3n) is 1.01. The van der Waals surface area contributed by atoms with E-state index in [1.54, 1.807) is 23.4 Å². The normalized spacial score (nSPS) is 9.30. The predicted molar refractivity (Wildman–Crippen MR) is 45.8 cm³/mol. The third-order valence-corrected chi connectivity index (χ3v) is 1.01. The Morgan fingerprint density at radius 3 is 2.50 bits per heavy atom. The van der Waals surface area contributed by atoms with Crippen molar-refractivity contribution in [3.63, 3.8) is 0 Å². The Hall–Kier alpha value is -1.31. The summed E-state index contributed by atoms with van der Waals surface area (Å²) in [5.41, 5.74) is 0. The molecule has 0 fully saturated rings. The topological polar surface area (TPSA) is 15.6 Å². The van der Waals surface area contributed by atoms with Crippen LogP contribution in [0.4, 0.5) is 0 Å². The molecule has 2 heteroatoms. The maximum Gasteiger partial charge on any atom is 0.124 e. The van der Waals surface area contributed by atoms with Crippen molar-refractivity contribution in [2.75, 3.05) is 7.05 Å². The van der Waals surface area contributed by atoms with Crippen LogP contribution in [0.3, 0.4) is 0 Å². The van der Waals surface area contributed by atoms with Crippen LogP contribution in [-0.2, 0) is 0 Å². The first-order valence-corrected chi connectivity index (χ1v) is 2.91. The first-order chi connectivity index (χ1) is 4.72. The van der Waals surface area contributed by atoms with Crippen molar-refractivity contribution in [1.29, 1.82) is 0 Å². The van der Waals surface area contributed by atoms with Crippen LogP contribution < -0.4 is 0 Å². The van der Waals surface area contributed by atoms with Crippen LogP contribution in [0.25, 0.3) is 0 Å². The molecule has 0 spiro atoms. The van der Waals surface area contributed by atoms with Crippen molar-refractivity contribution in [1.82, 2.24) is 4.90 Å². The molecule has 2 nitrogen and oxygen atoms in total. The predicted octanol–water partition coefficient (Wildman–Crippen LogP) is 1.79. The molecule has 0 saturated carbocycles. The summed E-state index contributed by atoms with van der Waals surface area (Å²) in [6.07, 6.45) is 4.83. The minimum Gasteiger partial charge on any atom is -0.337 e.